The van der Waals surface area contributed by atoms with Crippen LogP contribution in [0, 0.1) is 0 Å². The number of nitrogens with zero attached hydrogens (tertiary/aromatic N) is 1. The first-order valence-corrected chi connectivity index (χ1v) is 7.85. The Hall–Kier alpha value is -1.50. The number of hydrogen-bond acceptors (Lipinski definition) is 5. The Balaban J connectivity index is 1.92. The third-order valence-corrected chi connectivity index (χ3v) is 3.87. The summed E-state index contributed by atoms with van der Waals surface area (Å²) in [6.45, 7) is 9.24. The number of ether oxygens (including phenoxy) is 2. The first-order chi connectivity index (χ1) is 10.1. The second-order valence-corrected chi connectivity index (χ2v) is 7.48. The molecule has 7 nitrogen and oxygen atoms in total. The third kappa shape index (κ3) is 4.25. The van der Waals surface area contributed by atoms with Crippen molar-refractivity contribution in [2.45, 2.75) is 83.7 Å². The standard InChI is InChI=1S/C15H27N3O4/c1-14(2,3)21-12(19)16-10-7-6-8-11(9-10)18-15(4,5)22-13(20)17-18/h10-11H,6-9H2,1-5H3,(H,16,19)(H,17,20). The molecule has 126 valence electrons. The van der Waals surface area contributed by atoms with Crippen molar-refractivity contribution >= 4 is 12.2 Å². The Kier molecular flexibility index (Phi) is 4.56. The van der Waals surface area contributed by atoms with Crippen LogP contribution in [0.1, 0.15) is 60.3 Å². The summed E-state index contributed by atoms with van der Waals surface area (Å²) in [5, 5.41) is 4.79. The van der Waals surface area contributed by atoms with Gasteiger partial charge in [0.15, 0.2) is 5.72 Å². The van der Waals surface area contributed by atoms with Crippen LogP contribution in [0.4, 0.5) is 9.59 Å². The molecule has 0 bridgehead atoms. The van der Waals surface area contributed by atoms with Crippen molar-refractivity contribution in [1.29, 1.82) is 0 Å². The van der Waals surface area contributed by atoms with Crippen LogP contribution in [0.5, 0.6) is 0 Å². The van der Waals surface area contributed by atoms with Crippen LogP contribution >= 0.6 is 0 Å². The first-order valence-electron chi connectivity index (χ1n) is 7.85. The van der Waals surface area contributed by atoms with Crippen molar-refractivity contribution in [2.24, 2.45) is 0 Å². The maximum Gasteiger partial charge on any atom is 0.423 e. The SMILES string of the molecule is CC(C)(C)OC(=O)NC1CCCC(N2NC(=O)OC2(C)C)C1. The molecule has 2 unspecified atom stereocenters. The summed E-state index contributed by atoms with van der Waals surface area (Å²) in [5.41, 5.74) is 1.58. The molecular formula is C15H27N3O4. The molecule has 2 atom stereocenters. The number of carbonyl (C=O) groups excluding carboxylic acids is 2. The van der Waals surface area contributed by atoms with Gasteiger partial charge in [0.25, 0.3) is 0 Å². The van der Waals surface area contributed by atoms with E-state index in [0.29, 0.717) is 0 Å². The molecule has 2 aliphatic rings. The van der Waals surface area contributed by atoms with Gasteiger partial charge < -0.3 is 14.8 Å². The number of rotatable bonds is 2. The zero-order valence-electron chi connectivity index (χ0n) is 14.1. The van der Waals surface area contributed by atoms with Gasteiger partial charge in [-0.25, -0.2) is 15.0 Å². The van der Waals surface area contributed by atoms with E-state index in [9.17, 15) is 9.59 Å². The maximum absolute atomic E-state index is 11.9. The summed E-state index contributed by atoms with van der Waals surface area (Å²) in [6, 6.07) is 0.178. The van der Waals surface area contributed by atoms with Gasteiger partial charge in [0.2, 0.25) is 0 Å². The smallest absolute Gasteiger partial charge is 0.423 e. The minimum Gasteiger partial charge on any atom is -0.444 e. The van der Waals surface area contributed by atoms with Crippen molar-refractivity contribution < 1.29 is 19.1 Å². The first kappa shape index (κ1) is 16.9. The van der Waals surface area contributed by atoms with Crippen LogP contribution in [0.2, 0.25) is 0 Å². The van der Waals surface area contributed by atoms with E-state index in [1.807, 2.05) is 39.6 Å². The number of alkyl carbamates (subject to hydrolysis) is 1. The van der Waals surface area contributed by atoms with E-state index < -0.39 is 17.4 Å². The van der Waals surface area contributed by atoms with E-state index >= 15 is 0 Å². The van der Waals surface area contributed by atoms with Crippen LogP contribution in [-0.4, -0.2) is 40.6 Å². The Labute approximate surface area is 131 Å². The highest BCUT2D eigenvalue weighted by atomic mass is 16.6. The van der Waals surface area contributed by atoms with Gasteiger partial charge in [0.1, 0.15) is 5.60 Å². The molecule has 0 radical (unpaired) electrons. The molecule has 0 spiro atoms. The van der Waals surface area contributed by atoms with Gasteiger partial charge >= 0.3 is 12.2 Å². The Morgan fingerprint density at radius 2 is 2.09 bits per heavy atom. The van der Waals surface area contributed by atoms with Crippen LogP contribution in [0.25, 0.3) is 0 Å². The van der Waals surface area contributed by atoms with Crippen molar-refractivity contribution in [1.82, 2.24) is 15.8 Å². The van der Waals surface area contributed by atoms with Crippen LogP contribution < -0.4 is 10.7 Å². The average Bonchev–Trinajstić information content (AvgIpc) is 2.60. The highest BCUT2D eigenvalue weighted by molar-refractivity contribution is 5.69. The number of hydrogen-bond donors (Lipinski definition) is 2. The van der Waals surface area contributed by atoms with Gasteiger partial charge in [-0.1, -0.05) is 0 Å². The molecule has 7 heteroatoms. The fourth-order valence-electron chi connectivity index (χ4n) is 3.07. The van der Waals surface area contributed by atoms with E-state index in [4.69, 9.17) is 9.47 Å². The second kappa shape index (κ2) is 5.95. The summed E-state index contributed by atoms with van der Waals surface area (Å²) in [4.78, 5) is 23.4. The molecular weight excluding hydrogens is 286 g/mol. The van der Waals surface area contributed by atoms with Crippen molar-refractivity contribution in [2.75, 3.05) is 0 Å². The number of hydrazine groups is 1. The number of cyclic esters (lactones) is 1. The number of carbonyl (C=O) groups is 2. The average molecular weight is 313 g/mol. The molecule has 2 N–H and O–H groups in total. The summed E-state index contributed by atoms with van der Waals surface area (Å²) in [7, 11) is 0. The van der Waals surface area contributed by atoms with Crippen molar-refractivity contribution in [3.05, 3.63) is 0 Å². The molecule has 1 aliphatic carbocycles. The Morgan fingerprint density at radius 1 is 1.41 bits per heavy atom. The summed E-state index contributed by atoms with van der Waals surface area (Å²) < 4.78 is 10.6. The highest BCUT2D eigenvalue weighted by Gasteiger charge is 2.44. The second-order valence-electron chi connectivity index (χ2n) is 7.48. The molecule has 2 amide bonds. The molecule has 1 heterocycles. The van der Waals surface area contributed by atoms with Gasteiger partial charge in [-0.3, -0.25) is 0 Å². The lowest BCUT2D eigenvalue weighted by atomic mass is 9.90. The Morgan fingerprint density at radius 3 is 2.64 bits per heavy atom. The van der Waals surface area contributed by atoms with Gasteiger partial charge in [-0.05, 0) is 60.3 Å². The summed E-state index contributed by atoms with van der Waals surface area (Å²) >= 11 is 0. The van der Waals surface area contributed by atoms with Crippen LogP contribution in [-0.2, 0) is 9.47 Å². The molecule has 1 saturated heterocycles. The van der Waals surface area contributed by atoms with E-state index in [2.05, 4.69) is 10.7 Å². The number of amides is 2. The highest BCUT2D eigenvalue weighted by Crippen LogP contribution is 2.30. The third-order valence-electron chi connectivity index (χ3n) is 3.87. The quantitative estimate of drug-likeness (QED) is 0.819. The molecule has 22 heavy (non-hydrogen) atoms. The molecule has 2 rings (SSSR count). The fraction of sp³-hybridized carbons (Fsp3) is 0.867. The van der Waals surface area contributed by atoms with Gasteiger partial charge in [0.05, 0.1) is 0 Å². The van der Waals surface area contributed by atoms with Crippen molar-refractivity contribution in [3.8, 4) is 0 Å². The van der Waals surface area contributed by atoms with E-state index in [1.54, 1.807) is 0 Å². The van der Waals surface area contributed by atoms with Crippen LogP contribution in [0.15, 0.2) is 0 Å². The molecule has 1 aliphatic heterocycles. The molecule has 1 saturated carbocycles. The topological polar surface area (TPSA) is 79.9 Å². The molecule has 0 aromatic rings. The lowest BCUT2D eigenvalue weighted by Gasteiger charge is -2.39. The van der Waals surface area contributed by atoms with Crippen molar-refractivity contribution in [3.63, 3.8) is 0 Å². The predicted molar refractivity (Wildman–Crippen MR) is 80.9 cm³/mol. The largest absolute Gasteiger partial charge is 0.444 e. The predicted octanol–water partition coefficient (Wildman–Crippen LogP) is 2.52. The lowest BCUT2D eigenvalue weighted by molar-refractivity contribution is -0.0704. The minimum atomic E-state index is -0.671. The lowest BCUT2D eigenvalue weighted by Crippen LogP contribution is -2.55. The molecule has 0 aromatic heterocycles. The normalized spacial score (nSPS) is 28.7. The van der Waals surface area contributed by atoms with Crippen LogP contribution in [0.3, 0.4) is 0 Å². The van der Waals surface area contributed by atoms with E-state index in [-0.39, 0.29) is 18.2 Å². The monoisotopic (exact) mass is 313 g/mol. The zero-order valence-corrected chi connectivity index (χ0v) is 14.1. The van der Waals surface area contributed by atoms with E-state index in [0.717, 1.165) is 25.7 Å². The fourth-order valence-corrected chi connectivity index (χ4v) is 3.07. The molecule has 2 fully saturated rings. The van der Waals surface area contributed by atoms with Gasteiger partial charge in [-0.15, -0.1) is 0 Å². The summed E-state index contributed by atoms with van der Waals surface area (Å²) in [6.07, 6.45) is 2.80. The van der Waals surface area contributed by atoms with Gasteiger partial charge in [-0.2, -0.15) is 5.01 Å². The minimum absolute atomic E-state index is 0.0434. The van der Waals surface area contributed by atoms with E-state index in [1.165, 1.54) is 0 Å². The Bertz CT molecular complexity index is 445. The zero-order chi connectivity index (χ0) is 16.5. The summed E-state index contributed by atoms with van der Waals surface area (Å²) in [5.74, 6) is 0. The molecule has 0 aromatic carbocycles. The van der Waals surface area contributed by atoms with Gasteiger partial charge in [0, 0.05) is 12.1 Å². The maximum atomic E-state index is 11.9. The number of nitrogens with one attached hydrogen (secondary N) is 2.